The fourth-order valence-corrected chi connectivity index (χ4v) is 3.10. The van der Waals surface area contributed by atoms with Crippen molar-refractivity contribution >= 4 is 12.6 Å². The van der Waals surface area contributed by atoms with Gasteiger partial charge in [-0.2, -0.15) is 5.26 Å². The molecule has 2 heterocycles. The van der Waals surface area contributed by atoms with Crippen molar-refractivity contribution in [3.8, 4) is 6.07 Å². The van der Waals surface area contributed by atoms with E-state index in [9.17, 15) is 0 Å². The zero-order valence-corrected chi connectivity index (χ0v) is 14.5. The van der Waals surface area contributed by atoms with Crippen LogP contribution >= 0.6 is 0 Å². The van der Waals surface area contributed by atoms with Crippen LogP contribution in [0.2, 0.25) is 0 Å². The number of likely N-dealkylation sites (tertiary alicyclic amines) is 1. The van der Waals surface area contributed by atoms with Crippen molar-refractivity contribution in [2.45, 2.75) is 51.9 Å². The summed E-state index contributed by atoms with van der Waals surface area (Å²) in [6.07, 6.45) is 0.989. The number of hydrogen-bond acceptors (Lipinski definition) is 4. The maximum atomic E-state index is 8.99. The Morgan fingerprint density at radius 3 is 2.30 bits per heavy atom. The standard InChI is InChI=1S/C18H25BN2O2/c1-17(2)18(3,4)23-19(22-17)16-7-5-14(6-8-16)12-21-10-9-15(11-20)13-21/h5-8,15H,9-10,12-13H2,1-4H3/t15-/m0/s1. The van der Waals surface area contributed by atoms with Crippen LogP contribution in [0, 0.1) is 17.2 Å². The van der Waals surface area contributed by atoms with E-state index in [1.165, 1.54) is 5.56 Å². The molecule has 23 heavy (non-hydrogen) atoms. The zero-order chi connectivity index (χ0) is 16.7. The molecule has 0 bridgehead atoms. The molecule has 2 aliphatic rings. The summed E-state index contributed by atoms with van der Waals surface area (Å²) in [6.45, 7) is 11.1. The minimum absolute atomic E-state index is 0.194. The van der Waals surface area contributed by atoms with E-state index >= 15 is 0 Å². The molecule has 0 spiro atoms. The second-order valence-electron chi connectivity index (χ2n) is 7.68. The van der Waals surface area contributed by atoms with Gasteiger partial charge in [0.15, 0.2) is 0 Å². The van der Waals surface area contributed by atoms with E-state index in [2.05, 4.69) is 62.9 Å². The van der Waals surface area contributed by atoms with Gasteiger partial charge in [0.05, 0.1) is 23.2 Å². The van der Waals surface area contributed by atoms with Gasteiger partial charge >= 0.3 is 7.12 Å². The quantitative estimate of drug-likeness (QED) is 0.804. The van der Waals surface area contributed by atoms with Crippen LogP contribution in [-0.2, 0) is 15.9 Å². The van der Waals surface area contributed by atoms with Crippen LogP contribution in [0.15, 0.2) is 24.3 Å². The van der Waals surface area contributed by atoms with E-state index in [0.717, 1.165) is 31.5 Å². The number of rotatable bonds is 3. The minimum atomic E-state index is -0.307. The normalized spacial score (nSPS) is 26.4. The average Bonchev–Trinajstić information content (AvgIpc) is 3.02. The lowest BCUT2D eigenvalue weighted by atomic mass is 9.79. The van der Waals surface area contributed by atoms with Crippen LogP contribution < -0.4 is 5.46 Å². The van der Waals surface area contributed by atoms with Gasteiger partial charge in [-0.3, -0.25) is 4.90 Å². The number of benzene rings is 1. The molecule has 0 radical (unpaired) electrons. The molecule has 122 valence electrons. The predicted octanol–water partition coefficient (Wildman–Crippen LogP) is 2.33. The van der Waals surface area contributed by atoms with Gasteiger partial charge in [-0.1, -0.05) is 24.3 Å². The topological polar surface area (TPSA) is 45.5 Å². The van der Waals surface area contributed by atoms with E-state index in [0.29, 0.717) is 0 Å². The number of nitriles is 1. The summed E-state index contributed by atoms with van der Waals surface area (Å²) in [5.41, 5.74) is 1.71. The van der Waals surface area contributed by atoms with Gasteiger partial charge in [-0.05, 0) is 51.7 Å². The van der Waals surface area contributed by atoms with Crippen molar-refractivity contribution < 1.29 is 9.31 Å². The van der Waals surface area contributed by atoms with Crippen molar-refractivity contribution in [1.82, 2.24) is 4.90 Å². The van der Waals surface area contributed by atoms with E-state index < -0.39 is 0 Å². The molecular formula is C18H25BN2O2. The minimum Gasteiger partial charge on any atom is -0.399 e. The first-order valence-corrected chi connectivity index (χ1v) is 8.37. The summed E-state index contributed by atoms with van der Waals surface area (Å²) in [5.74, 6) is 0.194. The summed E-state index contributed by atoms with van der Waals surface area (Å²) < 4.78 is 12.2. The molecular weight excluding hydrogens is 287 g/mol. The molecule has 0 aromatic heterocycles. The molecule has 2 fully saturated rings. The van der Waals surface area contributed by atoms with Crippen LogP contribution in [0.25, 0.3) is 0 Å². The van der Waals surface area contributed by atoms with Gasteiger partial charge in [0.25, 0.3) is 0 Å². The Kier molecular flexibility index (Phi) is 4.26. The third-order valence-electron chi connectivity index (χ3n) is 5.37. The van der Waals surface area contributed by atoms with Crippen molar-refractivity contribution in [3.63, 3.8) is 0 Å². The van der Waals surface area contributed by atoms with Gasteiger partial charge in [-0.15, -0.1) is 0 Å². The Hall–Kier alpha value is -1.35. The third-order valence-corrected chi connectivity index (χ3v) is 5.37. The van der Waals surface area contributed by atoms with Gasteiger partial charge in [0.1, 0.15) is 0 Å². The van der Waals surface area contributed by atoms with Gasteiger partial charge < -0.3 is 9.31 Å². The molecule has 0 saturated carbocycles. The smallest absolute Gasteiger partial charge is 0.399 e. The molecule has 0 N–H and O–H groups in total. The summed E-state index contributed by atoms with van der Waals surface area (Å²) >= 11 is 0. The van der Waals surface area contributed by atoms with E-state index in [1.807, 2.05) is 0 Å². The summed E-state index contributed by atoms with van der Waals surface area (Å²) in [6, 6.07) is 10.8. The number of nitrogens with zero attached hydrogens (tertiary/aromatic N) is 2. The van der Waals surface area contributed by atoms with Crippen LogP contribution in [0.1, 0.15) is 39.7 Å². The first-order chi connectivity index (χ1) is 10.8. The Labute approximate surface area is 139 Å². The SMILES string of the molecule is CC1(C)OB(c2ccc(CN3CC[C@@H](C#N)C3)cc2)OC1(C)C. The van der Waals surface area contributed by atoms with Crippen molar-refractivity contribution in [3.05, 3.63) is 29.8 Å². The highest BCUT2D eigenvalue weighted by Crippen LogP contribution is 2.36. The lowest BCUT2D eigenvalue weighted by Gasteiger charge is -2.32. The van der Waals surface area contributed by atoms with E-state index in [-0.39, 0.29) is 24.2 Å². The molecule has 2 aliphatic heterocycles. The Balaban J connectivity index is 1.63. The maximum absolute atomic E-state index is 8.99. The van der Waals surface area contributed by atoms with Crippen molar-refractivity contribution in [1.29, 1.82) is 5.26 Å². The third kappa shape index (κ3) is 3.30. The monoisotopic (exact) mass is 312 g/mol. The Morgan fingerprint density at radius 2 is 1.78 bits per heavy atom. The lowest BCUT2D eigenvalue weighted by molar-refractivity contribution is 0.00578. The Morgan fingerprint density at radius 1 is 1.17 bits per heavy atom. The van der Waals surface area contributed by atoms with Crippen LogP contribution in [0.5, 0.6) is 0 Å². The molecule has 2 saturated heterocycles. The van der Waals surface area contributed by atoms with Crippen molar-refractivity contribution in [2.24, 2.45) is 5.92 Å². The van der Waals surface area contributed by atoms with Gasteiger partial charge in [-0.25, -0.2) is 0 Å². The summed E-state index contributed by atoms with van der Waals surface area (Å²) in [7, 11) is -0.302. The van der Waals surface area contributed by atoms with Gasteiger partial charge in [0, 0.05) is 13.1 Å². The molecule has 1 atom stereocenters. The zero-order valence-electron chi connectivity index (χ0n) is 14.5. The first kappa shape index (κ1) is 16.5. The first-order valence-electron chi connectivity index (χ1n) is 8.37. The molecule has 5 heteroatoms. The van der Waals surface area contributed by atoms with Crippen LogP contribution in [0.4, 0.5) is 0 Å². The van der Waals surface area contributed by atoms with Crippen molar-refractivity contribution in [2.75, 3.05) is 13.1 Å². The molecule has 0 unspecified atom stereocenters. The summed E-state index contributed by atoms with van der Waals surface area (Å²) in [4.78, 5) is 2.34. The Bertz CT molecular complexity index is 590. The molecule has 1 aromatic rings. The highest BCUT2D eigenvalue weighted by molar-refractivity contribution is 6.62. The highest BCUT2D eigenvalue weighted by Gasteiger charge is 2.51. The summed E-state index contributed by atoms with van der Waals surface area (Å²) in [5, 5.41) is 8.99. The number of hydrogen-bond donors (Lipinski definition) is 0. The molecule has 0 aliphatic carbocycles. The fourth-order valence-electron chi connectivity index (χ4n) is 3.10. The lowest BCUT2D eigenvalue weighted by Crippen LogP contribution is -2.41. The molecule has 1 aromatic carbocycles. The predicted molar refractivity (Wildman–Crippen MR) is 91.2 cm³/mol. The second-order valence-corrected chi connectivity index (χ2v) is 7.68. The van der Waals surface area contributed by atoms with Crippen LogP contribution in [0.3, 0.4) is 0 Å². The van der Waals surface area contributed by atoms with Gasteiger partial charge in [0.2, 0.25) is 0 Å². The molecule has 4 nitrogen and oxygen atoms in total. The second kappa shape index (κ2) is 5.94. The largest absolute Gasteiger partial charge is 0.494 e. The average molecular weight is 312 g/mol. The fraction of sp³-hybridized carbons (Fsp3) is 0.611. The van der Waals surface area contributed by atoms with Crippen LogP contribution in [-0.4, -0.2) is 36.3 Å². The van der Waals surface area contributed by atoms with E-state index in [4.69, 9.17) is 14.6 Å². The van der Waals surface area contributed by atoms with E-state index in [1.54, 1.807) is 0 Å². The molecule has 0 amide bonds. The molecule has 3 rings (SSSR count). The maximum Gasteiger partial charge on any atom is 0.494 e. The highest BCUT2D eigenvalue weighted by atomic mass is 16.7.